The third-order valence-corrected chi connectivity index (χ3v) is 5.47. The van der Waals surface area contributed by atoms with E-state index in [-0.39, 0.29) is 24.1 Å². The Morgan fingerprint density at radius 3 is 2.67 bits per heavy atom. The van der Waals surface area contributed by atoms with Crippen molar-refractivity contribution in [3.8, 4) is 0 Å². The Morgan fingerprint density at radius 2 is 2.24 bits per heavy atom. The Labute approximate surface area is 130 Å². The summed E-state index contributed by atoms with van der Waals surface area (Å²) in [6.07, 6.45) is 3.11. The van der Waals surface area contributed by atoms with Gasteiger partial charge in [0.1, 0.15) is 0 Å². The standard InChI is InChI=1S/C15H25N3O2S/c1-10(2)13(15(8-19)5-4-6-15)18-14(20)16-7-12-11(3)17-9-21-12/h9-10,13,19H,4-8H2,1-3H3,(H2,16,18,20)/t13-/m0/s1. The molecular weight excluding hydrogens is 286 g/mol. The van der Waals surface area contributed by atoms with Crippen LogP contribution >= 0.6 is 11.3 Å². The Morgan fingerprint density at radius 1 is 1.52 bits per heavy atom. The van der Waals surface area contributed by atoms with Crippen LogP contribution in [0.5, 0.6) is 0 Å². The molecule has 21 heavy (non-hydrogen) atoms. The summed E-state index contributed by atoms with van der Waals surface area (Å²) < 4.78 is 0. The second kappa shape index (κ2) is 6.75. The Bertz CT molecular complexity index is 478. The molecule has 118 valence electrons. The highest BCUT2D eigenvalue weighted by molar-refractivity contribution is 7.09. The predicted octanol–water partition coefficient (Wildman–Crippen LogP) is 2.44. The molecule has 6 heteroatoms. The lowest BCUT2D eigenvalue weighted by Gasteiger charge is -2.48. The summed E-state index contributed by atoms with van der Waals surface area (Å²) in [6, 6.07) is -0.153. The van der Waals surface area contributed by atoms with Crippen molar-refractivity contribution in [2.24, 2.45) is 11.3 Å². The lowest BCUT2D eigenvalue weighted by Crippen LogP contribution is -2.57. The zero-order valence-electron chi connectivity index (χ0n) is 13.0. The average molecular weight is 311 g/mol. The first kappa shape index (κ1) is 16.2. The van der Waals surface area contributed by atoms with Crippen LogP contribution in [0.15, 0.2) is 5.51 Å². The lowest BCUT2D eigenvalue weighted by molar-refractivity contribution is -0.00508. The fourth-order valence-corrected chi connectivity index (χ4v) is 3.79. The number of aromatic nitrogens is 1. The van der Waals surface area contributed by atoms with Crippen molar-refractivity contribution in [1.82, 2.24) is 15.6 Å². The van der Waals surface area contributed by atoms with Crippen molar-refractivity contribution < 1.29 is 9.90 Å². The molecule has 2 rings (SSSR count). The quantitative estimate of drug-likeness (QED) is 0.755. The van der Waals surface area contributed by atoms with Gasteiger partial charge < -0.3 is 15.7 Å². The minimum Gasteiger partial charge on any atom is -0.396 e. The number of thiazole rings is 1. The second-order valence-corrected chi connectivity index (χ2v) is 7.22. The molecule has 1 aromatic heterocycles. The van der Waals surface area contributed by atoms with Crippen molar-refractivity contribution in [1.29, 1.82) is 0 Å². The van der Waals surface area contributed by atoms with Gasteiger partial charge in [0.05, 0.1) is 24.4 Å². The molecule has 1 atom stereocenters. The van der Waals surface area contributed by atoms with Crippen LogP contribution in [0, 0.1) is 18.3 Å². The molecule has 0 aliphatic heterocycles. The van der Waals surface area contributed by atoms with E-state index >= 15 is 0 Å². The molecule has 1 aromatic rings. The van der Waals surface area contributed by atoms with Crippen molar-refractivity contribution in [3.63, 3.8) is 0 Å². The van der Waals surface area contributed by atoms with E-state index in [4.69, 9.17) is 0 Å². The molecule has 1 aliphatic carbocycles. The van der Waals surface area contributed by atoms with Crippen LogP contribution in [0.3, 0.4) is 0 Å². The van der Waals surface area contributed by atoms with Crippen LogP contribution in [0.2, 0.25) is 0 Å². The highest BCUT2D eigenvalue weighted by atomic mass is 32.1. The number of nitrogens with one attached hydrogen (secondary N) is 2. The molecule has 0 radical (unpaired) electrons. The van der Waals surface area contributed by atoms with Crippen LogP contribution in [-0.2, 0) is 6.54 Å². The zero-order chi connectivity index (χ0) is 15.5. The van der Waals surface area contributed by atoms with Crippen LogP contribution in [0.1, 0.15) is 43.7 Å². The van der Waals surface area contributed by atoms with Crippen molar-refractivity contribution in [3.05, 3.63) is 16.1 Å². The Kier molecular flexibility index (Phi) is 5.22. The number of hydrogen-bond acceptors (Lipinski definition) is 4. The summed E-state index contributed by atoms with van der Waals surface area (Å²) in [5.74, 6) is 0.299. The van der Waals surface area contributed by atoms with Gasteiger partial charge in [0.25, 0.3) is 0 Å². The monoisotopic (exact) mass is 311 g/mol. The molecule has 1 saturated carbocycles. The summed E-state index contributed by atoms with van der Waals surface area (Å²) in [7, 11) is 0. The van der Waals surface area contributed by atoms with Gasteiger partial charge >= 0.3 is 6.03 Å². The highest BCUT2D eigenvalue weighted by Gasteiger charge is 2.45. The van der Waals surface area contributed by atoms with Gasteiger partial charge in [-0.3, -0.25) is 0 Å². The van der Waals surface area contributed by atoms with Gasteiger partial charge in [-0.25, -0.2) is 9.78 Å². The number of nitrogens with zero attached hydrogens (tertiary/aromatic N) is 1. The average Bonchev–Trinajstić information content (AvgIpc) is 2.80. The normalized spacial score (nSPS) is 18.1. The number of aliphatic hydroxyl groups excluding tert-OH is 1. The molecule has 2 amide bonds. The summed E-state index contributed by atoms with van der Waals surface area (Å²) in [4.78, 5) is 17.4. The van der Waals surface area contributed by atoms with E-state index in [1.54, 1.807) is 16.8 Å². The number of urea groups is 1. The van der Waals surface area contributed by atoms with Gasteiger partial charge in [-0.2, -0.15) is 0 Å². The maximum Gasteiger partial charge on any atom is 0.315 e. The summed E-state index contributed by atoms with van der Waals surface area (Å²) in [5, 5.41) is 15.7. The SMILES string of the molecule is Cc1ncsc1CNC(=O)N[C@@H](C(C)C)C1(CO)CCC1. The minimum atomic E-state index is -0.166. The molecule has 0 bridgehead atoms. The predicted molar refractivity (Wildman–Crippen MR) is 84.2 cm³/mol. The molecule has 5 nitrogen and oxygen atoms in total. The van der Waals surface area contributed by atoms with Crippen molar-refractivity contribution >= 4 is 17.4 Å². The summed E-state index contributed by atoms with van der Waals surface area (Å²) in [5.41, 5.74) is 2.62. The number of hydrogen-bond donors (Lipinski definition) is 3. The first-order valence-corrected chi connectivity index (χ1v) is 8.40. The Hall–Kier alpha value is -1.14. The van der Waals surface area contributed by atoms with Crippen molar-refractivity contribution in [2.45, 2.75) is 52.6 Å². The smallest absolute Gasteiger partial charge is 0.315 e. The molecule has 0 unspecified atom stereocenters. The second-order valence-electron chi connectivity index (χ2n) is 6.28. The van der Waals surface area contributed by atoms with E-state index < -0.39 is 0 Å². The van der Waals surface area contributed by atoms with Gasteiger partial charge in [-0.1, -0.05) is 20.3 Å². The molecular formula is C15H25N3O2S. The van der Waals surface area contributed by atoms with Gasteiger partial charge in [0.15, 0.2) is 0 Å². The molecule has 1 fully saturated rings. The van der Waals surface area contributed by atoms with Crippen LogP contribution in [0.4, 0.5) is 4.79 Å². The molecule has 0 aromatic carbocycles. The fourth-order valence-electron chi connectivity index (χ4n) is 3.07. The van der Waals surface area contributed by atoms with Crippen LogP contribution < -0.4 is 10.6 Å². The highest BCUT2D eigenvalue weighted by Crippen LogP contribution is 2.45. The number of aliphatic hydroxyl groups is 1. The van der Waals surface area contributed by atoms with E-state index in [0.29, 0.717) is 12.5 Å². The number of aryl methyl sites for hydroxylation is 1. The molecule has 0 saturated heterocycles. The number of amides is 2. The molecule has 1 aliphatic rings. The van der Waals surface area contributed by atoms with Gasteiger partial charge in [-0.15, -0.1) is 11.3 Å². The molecule has 3 N–H and O–H groups in total. The van der Waals surface area contributed by atoms with E-state index in [0.717, 1.165) is 29.8 Å². The maximum absolute atomic E-state index is 12.1. The zero-order valence-corrected chi connectivity index (χ0v) is 13.8. The first-order valence-electron chi connectivity index (χ1n) is 7.53. The topological polar surface area (TPSA) is 74.2 Å². The maximum atomic E-state index is 12.1. The third kappa shape index (κ3) is 3.55. The van der Waals surface area contributed by atoms with Crippen molar-refractivity contribution in [2.75, 3.05) is 6.61 Å². The largest absolute Gasteiger partial charge is 0.396 e. The Balaban J connectivity index is 1.91. The number of carbonyl (C=O) groups excluding carboxylic acids is 1. The van der Waals surface area contributed by atoms with Gasteiger partial charge in [0.2, 0.25) is 0 Å². The lowest BCUT2D eigenvalue weighted by atomic mass is 9.62. The molecule has 1 heterocycles. The summed E-state index contributed by atoms with van der Waals surface area (Å²) >= 11 is 1.55. The van der Waals surface area contributed by atoms with E-state index in [2.05, 4.69) is 29.5 Å². The third-order valence-electron chi connectivity index (χ3n) is 4.53. The van der Waals surface area contributed by atoms with Gasteiger partial charge in [-0.05, 0) is 25.7 Å². The van der Waals surface area contributed by atoms with Crippen LogP contribution in [0.25, 0.3) is 0 Å². The van der Waals surface area contributed by atoms with E-state index in [1.165, 1.54) is 0 Å². The first-order chi connectivity index (χ1) is 9.98. The fraction of sp³-hybridized carbons (Fsp3) is 0.733. The number of rotatable bonds is 6. The minimum absolute atomic E-state index is 0.0128. The van der Waals surface area contributed by atoms with E-state index in [9.17, 15) is 9.90 Å². The van der Waals surface area contributed by atoms with Crippen LogP contribution in [-0.4, -0.2) is 28.8 Å². The number of carbonyl (C=O) groups is 1. The van der Waals surface area contributed by atoms with Gasteiger partial charge in [0, 0.05) is 16.3 Å². The summed E-state index contributed by atoms with van der Waals surface area (Å²) in [6.45, 7) is 6.77. The molecule has 0 spiro atoms. The van der Waals surface area contributed by atoms with E-state index in [1.807, 2.05) is 6.92 Å².